The first kappa shape index (κ1) is 12.6. The Morgan fingerprint density at radius 2 is 1.90 bits per heavy atom. The largest absolute Gasteiger partial charge is 0.493 e. The van der Waals surface area contributed by atoms with Crippen LogP contribution in [-0.2, 0) is 0 Å². The van der Waals surface area contributed by atoms with Gasteiger partial charge in [0.25, 0.3) is 0 Å². The molecule has 0 amide bonds. The molecule has 1 aliphatic heterocycles. The van der Waals surface area contributed by atoms with E-state index in [-0.39, 0.29) is 11.7 Å². The van der Waals surface area contributed by atoms with Gasteiger partial charge in [-0.25, -0.2) is 0 Å². The standard InChI is InChI=1S/C18H14O2S/c19-18(15-11-21-17-8-4-2-6-13(15)17)14-9-10-20-16-7-3-1-5-12(14)16/h1-8,11,14H,9-10H2. The van der Waals surface area contributed by atoms with Crippen LogP contribution >= 0.6 is 11.3 Å². The number of thiophene rings is 1. The zero-order chi connectivity index (χ0) is 14.2. The van der Waals surface area contributed by atoms with Crippen molar-refractivity contribution in [2.75, 3.05) is 6.61 Å². The molecule has 0 spiro atoms. The normalized spacial score (nSPS) is 17.2. The topological polar surface area (TPSA) is 26.3 Å². The molecule has 0 saturated carbocycles. The summed E-state index contributed by atoms with van der Waals surface area (Å²) in [5.41, 5.74) is 1.86. The molecule has 4 rings (SSSR count). The summed E-state index contributed by atoms with van der Waals surface area (Å²) in [5.74, 6) is 0.970. The van der Waals surface area contributed by atoms with Crippen LogP contribution in [0.5, 0.6) is 5.75 Å². The smallest absolute Gasteiger partial charge is 0.172 e. The average Bonchev–Trinajstić information content (AvgIpc) is 2.98. The Kier molecular flexibility index (Phi) is 3.00. The minimum absolute atomic E-state index is 0.0899. The van der Waals surface area contributed by atoms with Crippen LogP contribution in [0.25, 0.3) is 10.1 Å². The first-order chi connectivity index (χ1) is 10.3. The Bertz CT molecular complexity index is 819. The van der Waals surface area contributed by atoms with Gasteiger partial charge in [-0.3, -0.25) is 4.79 Å². The Labute approximate surface area is 127 Å². The van der Waals surface area contributed by atoms with Crippen LogP contribution in [0.1, 0.15) is 28.3 Å². The Hall–Kier alpha value is -2.13. The van der Waals surface area contributed by atoms with Gasteiger partial charge in [0, 0.05) is 26.6 Å². The zero-order valence-electron chi connectivity index (χ0n) is 11.4. The third-order valence-electron chi connectivity index (χ3n) is 4.02. The number of carbonyl (C=O) groups excluding carboxylic acids is 1. The fraction of sp³-hybridized carbons (Fsp3) is 0.167. The van der Waals surface area contributed by atoms with E-state index < -0.39 is 0 Å². The van der Waals surface area contributed by atoms with Gasteiger partial charge in [0.2, 0.25) is 0 Å². The quantitative estimate of drug-likeness (QED) is 0.643. The summed E-state index contributed by atoms with van der Waals surface area (Å²) in [4.78, 5) is 13.0. The lowest BCUT2D eigenvalue weighted by Gasteiger charge is -2.24. The third-order valence-corrected chi connectivity index (χ3v) is 4.98. The van der Waals surface area contributed by atoms with Gasteiger partial charge in [0.05, 0.1) is 12.5 Å². The van der Waals surface area contributed by atoms with Crippen LogP contribution < -0.4 is 4.74 Å². The SMILES string of the molecule is O=C(c1csc2ccccc12)C1CCOc2ccccc21. The van der Waals surface area contributed by atoms with Crippen LogP contribution in [0.15, 0.2) is 53.9 Å². The number of carbonyl (C=O) groups is 1. The van der Waals surface area contributed by atoms with Gasteiger partial charge >= 0.3 is 0 Å². The summed E-state index contributed by atoms with van der Waals surface area (Å²) in [6.07, 6.45) is 0.750. The predicted molar refractivity (Wildman–Crippen MR) is 85.5 cm³/mol. The van der Waals surface area contributed by atoms with Gasteiger partial charge in [0.15, 0.2) is 5.78 Å². The average molecular weight is 294 g/mol. The van der Waals surface area contributed by atoms with Gasteiger partial charge < -0.3 is 4.74 Å². The van der Waals surface area contributed by atoms with Crippen LogP contribution in [-0.4, -0.2) is 12.4 Å². The van der Waals surface area contributed by atoms with Gasteiger partial charge in [-0.2, -0.15) is 0 Å². The highest BCUT2D eigenvalue weighted by Crippen LogP contribution is 2.37. The van der Waals surface area contributed by atoms with E-state index in [0.29, 0.717) is 6.61 Å². The number of para-hydroxylation sites is 1. The number of rotatable bonds is 2. The lowest BCUT2D eigenvalue weighted by atomic mass is 9.86. The minimum atomic E-state index is -0.0899. The van der Waals surface area contributed by atoms with Gasteiger partial charge in [-0.05, 0) is 18.6 Å². The van der Waals surface area contributed by atoms with Crippen LogP contribution in [0.2, 0.25) is 0 Å². The van der Waals surface area contributed by atoms with Crippen molar-refractivity contribution in [3.05, 3.63) is 65.0 Å². The van der Waals surface area contributed by atoms with Crippen molar-refractivity contribution in [2.45, 2.75) is 12.3 Å². The molecular formula is C18H14O2S. The number of Topliss-reactive ketones (excluding diaryl/α,β-unsaturated/α-hetero) is 1. The fourth-order valence-electron chi connectivity index (χ4n) is 2.97. The van der Waals surface area contributed by atoms with Crippen molar-refractivity contribution in [3.63, 3.8) is 0 Å². The molecule has 1 aromatic heterocycles. The molecule has 0 radical (unpaired) electrons. The molecule has 0 N–H and O–H groups in total. The second-order valence-electron chi connectivity index (χ2n) is 5.24. The van der Waals surface area contributed by atoms with Gasteiger partial charge in [-0.1, -0.05) is 36.4 Å². The molecule has 2 aromatic carbocycles. The first-order valence-electron chi connectivity index (χ1n) is 7.07. The molecule has 21 heavy (non-hydrogen) atoms. The van der Waals surface area contributed by atoms with E-state index >= 15 is 0 Å². The van der Waals surface area contributed by atoms with Crippen molar-refractivity contribution in [1.29, 1.82) is 0 Å². The number of hydrogen-bond donors (Lipinski definition) is 0. The molecule has 2 nitrogen and oxygen atoms in total. The highest BCUT2D eigenvalue weighted by Gasteiger charge is 2.29. The first-order valence-corrected chi connectivity index (χ1v) is 7.95. The second-order valence-corrected chi connectivity index (χ2v) is 6.15. The van der Waals surface area contributed by atoms with E-state index in [9.17, 15) is 4.79 Å². The number of benzene rings is 2. The van der Waals surface area contributed by atoms with Crippen LogP contribution in [0.4, 0.5) is 0 Å². The van der Waals surface area contributed by atoms with Gasteiger partial charge in [-0.15, -0.1) is 11.3 Å². The van der Waals surface area contributed by atoms with E-state index in [1.807, 2.05) is 47.8 Å². The number of ether oxygens (including phenoxy) is 1. The Morgan fingerprint density at radius 1 is 1.10 bits per heavy atom. The molecule has 0 saturated heterocycles. The maximum Gasteiger partial charge on any atom is 0.172 e. The van der Waals surface area contributed by atoms with Crippen LogP contribution in [0, 0.1) is 0 Å². The zero-order valence-corrected chi connectivity index (χ0v) is 12.2. The summed E-state index contributed by atoms with van der Waals surface area (Å²) in [6.45, 7) is 0.607. The number of fused-ring (bicyclic) bond motifs is 2. The maximum atomic E-state index is 13.0. The molecule has 104 valence electrons. The summed E-state index contributed by atoms with van der Waals surface area (Å²) in [5, 5.41) is 3.06. The lowest BCUT2D eigenvalue weighted by molar-refractivity contribution is 0.0935. The third kappa shape index (κ3) is 2.05. The van der Waals surface area contributed by atoms with E-state index in [2.05, 4.69) is 6.07 Å². The molecule has 3 aromatic rings. The van der Waals surface area contributed by atoms with E-state index in [0.717, 1.165) is 28.7 Å². The Balaban J connectivity index is 1.79. The molecule has 1 unspecified atom stereocenters. The minimum Gasteiger partial charge on any atom is -0.493 e. The van der Waals surface area contributed by atoms with E-state index in [1.54, 1.807) is 11.3 Å². The van der Waals surface area contributed by atoms with Gasteiger partial charge in [0.1, 0.15) is 5.75 Å². The van der Waals surface area contributed by atoms with Crippen molar-refractivity contribution in [1.82, 2.24) is 0 Å². The highest BCUT2D eigenvalue weighted by molar-refractivity contribution is 7.17. The highest BCUT2D eigenvalue weighted by atomic mass is 32.1. The van der Waals surface area contributed by atoms with Crippen LogP contribution in [0.3, 0.4) is 0 Å². The van der Waals surface area contributed by atoms with E-state index in [1.165, 1.54) is 4.70 Å². The molecule has 0 bridgehead atoms. The Morgan fingerprint density at radius 3 is 2.86 bits per heavy atom. The molecule has 1 atom stereocenters. The summed E-state index contributed by atoms with van der Waals surface area (Å²) in [6, 6.07) is 16.0. The number of ketones is 1. The molecular weight excluding hydrogens is 280 g/mol. The second kappa shape index (κ2) is 5.01. The molecule has 1 aliphatic rings. The van der Waals surface area contributed by atoms with Crippen molar-refractivity contribution in [3.8, 4) is 5.75 Å². The lowest BCUT2D eigenvalue weighted by Crippen LogP contribution is -2.21. The molecule has 0 fully saturated rings. The number of hydrogen-bond acceptors (Lipinski definition) is 3. The summed E-state index contributed by atoms with van der Waals surface area (Å²) >= 11 is 1.64. The molecule has 2 heterocycles. The van der Waals surface area contributed by atoms with Crippen molar-refractivity contribution < 1.29 is 9.53 Å². The summed E-state index contributed by atoms with van der Waals surface area (Å²) < 4.78 is 6.83. The molecule has 3 heteroatoms. The predicted octanol–water partition coefficient (Wildman–Crippen LogP) is 4.65. The monoisotopic (exact) mass is 294 g/mol. The fourth-order valence-corrected chi connectivity index (χ4v) is 3.92. The van der Waals surface area contributed by atoms with Crippen molar-refractivity contribution >= 4 is 27.2 Å². The van der Waals surface area contributed by atoms with Crippen molar-refractivity contribution in [2.24, 2.45) is 0 Å². The molecule has 0 aliphatic carbocycles. The van der Waals surface area contributed by atoms with E-state index in [4.69, 9.17) is 4.74 Å². The summed E-state index contributed by atoms with van der Waals surface area (Å²) in [7, 11) is 0. The maximum absolute atomic E-state index is 13.0.